The summed E-state index contributed by atoms with van der Waals surface area (Å²) in [6.07, 6.45) is 0. The van der Waals surface area contributed by atoms with Crippen LogP contribution in [-0.4, -0.2) is 100 Å². The first-order valence-corrected chi connectivity index (χ1v) is 17.6. The second-order valence-corrected chi connectivity index (χ2v) is 15.5. The van der Waals surface area contributed by atoms with Crippen LogP contribution >= 0.6 is 0 Å². The predicted molar refractivity (Wildman–Crippen MR) is 109 cm³/mol. The van der Waals surface area contributed by atoms with Gasteiger partial charge in [0.15, 0.2) is 0 Å². The molecule has 0 fully saturated rings. The Hall–Kier alpha value is 1.46. The van der Waals surface area contributed by atoms with Crippen LogP contribution in [0, 0.1) is 0 Å². The van der Waals surface area contributed by atoms with Crippen molar-refractivity contribution in [2.24, 2.45) is 0 Å². The number of anilines is 2. The molecule has 0 saturated heterocycles. The van der Waals surface area contributed by atoms with Gasteiger partial charge in [0.1, 0.15) is 0 Å². The molecule has 2 rings (SSSR count). The van der Waals surface area contributed by atoms with E-state index in [0.29, 0.717) is 0 Å². The van der Waals surface area contributed by atoms with E-state index in [1.807, 2.05) is 0 Å². The SMILES string of the molecule is O=S(=O)([O-])CNc1cc([As]=[As]c2ccc(O)c(NCS(=O)(=O)[O-])c2)ccc1O.[Bi+3].[Na+].[Na+]. The largest absolute Gasteiger partial charge is 3.00 e. The first kappa shape index (κ1) is 34.6. The van der Waals surface area contributed by atoms with Crippen molar-refractivity contribution >= 4 is 92.8 Å². The number of aromatic hydroxyl groups is 2. The van der Waals surface area contributed by atoms with Crippen molar-refractivity contribution in [3.05, 3.63) is 36.4 Å². The summed E-state index contributed by atoms with van der Waals surface area (Å²) < 4.78 is 66.0. The minimum absolute atomic E-state index is 0. The van der Waals surface area contributed by atoms with Gasteiger partial charge in [0.05, 0.1) is 0 Å². The Kier molecular flexibility index (Phi) is 17.3. The first-order chi connectivity index (χ1) is 12.9. The Morgan fingerprint density at radius 3 is 1.35 bits per heavy atom. The third-order valence-electron chi connectivity index (χ3n) is 3.12. The van der Waals surface area contributed by atoms with Crippen LogP contribution in [0.4, 0.5) is 11.4 Å². The zero-order valence-electron chi connectivity index (χ0n) is 16.4. The number of hydrogen-bond acceptors (Lipinski definition) is 10. The van der Waals surface area contributed by atoms with E-state index in [4.69, 9.17) is 0 Å². The van der Waals surface area contributed by atoms with Crippen molar-refractivity contribution < 1.29 is 95.3 Å². The maximum absolute atomic E-state index is 10.7. The number of phenols is 2. The van der Waals surface area contributed by atoms with Crippen molar-refractivity contribution in [2.45, 2.75) is 0 Å². The standard InChI is InChI=1S/C14H16As2N2O8S2.Bi.2Na/c19-13-3-1-9(5-11(13)17-7-27(21,22)23)15-16-10-2-4-14(20)12(6-10)18-8-28(24,25)26;;;/h1-6,17-20H,7-8H2,(H,21,22,23)(H,24,25,26);;;/q;+3;2*+1/p-2. The summed E-state index contributed by atoms with van der Waals surface area (Å²) in [5.41, 5.74) is 0.282. The van der Waals surface area contributed by atoms with Gasteiger partial charge in [-0.05, 0) is 0 Å². The van der Waals surface area contributed by atoms with Gasteiger partial charge in [-0.25, -0.2) is 0 Å². The van der Waals surface area contributed by atoms with E-state index in [0.717, 1.165) is 8.70 Å². The molecular weight excluding hydrogens is 793 g/mol. The summed E-state index contributed by atoms with van der Waals surface area (Å²) in [7, 11) is -8.97. The summed E-state index contributed by atoms with van der Waals surface area (Å²) in [6.45, 7) is 0. The van der Waals surface area contributed by atoms with Crippen LogP contribution in [0.1, 0.15) is 0 Å². The van der Waals surface area contributed by atoms with Crippen LogP contribution in [0.15, 0.2) is 36.4 Å². The third-order valence-corrected chi connectivity index (χ3v) is 12.6. The van der Waals surface area contributed by atoms with Gasteiger partial charge in [-0.3, -0.25) is 0 Å². The van der Waals surface area contributed by atoms with Crippen molar-refractivity contribution in [1.82, 2.24) is 0 Å². The fraction of sp³-hybridized carbons (Fsp3) is 0.143. The average molecular weight is 807 g/mol. The fourth-order valence-corrected chi connectivity index (χ4v) is 9.66. The van der Waals surface area contributed by atoms with Gasteiger partial charge in [0, 0.05) is 0 Å². The molecule has 0 aromatic heterocycles. The minimum atomic E-state index is -4.49. The second kappa shape index (κ2) is 15.5. The molecule has 2 aromatic carbocycles. The van der Waals surface area contributed by atoms with E-state index in [-0.39, 0.29) is 134 Å². The van der Waals surface area contributed by atoms with E-state index in [2.05, 4.69) is 10.6 Å². The molecular formula is C14H14As2BiN2Na2O8S2+3. The van der Waals surface area contributed by atoms with Gasteiger partial charge in [-0.2, -0.15) is 0 Å². The molecule has 2 aromatic rings. The molecule has 17 heteroatoms. The van der Waals surface area contributed by atoms with Crippen molar-refractivity contribution in [3.8, 4) is 11.5 Å². The molecule has 4 N–H and O–H groups in total. The normalized spacial score (nSPS) is 11.0. The molecule has 0 aliphatic rings. The van der Waals surface area contributed by atoms with Gasteiger partial charge >= 0.3 is 258 Å². The van der Waals surface area contributed by atoms with E-state index >= 15 is 0 Å². The number of benzene rings is 2. The van der Waals surface area contributed by atoms with Crippen LogP contribution in [0.5, 0.6) is 11.5 Å². The summed E-state index contributed by atoms with van der Waals surface area (Å²) in [5, 5.41) is 24.3. The van der Waals surface area contributed by atoms with Gasteiger partial charge in [0.25, 0.3) is 0 Å². The Bertz CT molecular complexity index is 1030. The van der Waals surface area contributed by atoms with E-state index in [1.54, 1.807) is 24.3 Å². The maximum atomic E-state index is 10.7. The number of rotatable bonds is 8. The third kappa shape index (κ3) is 13.8. The van der Waals surface area contributed by atoms with E-state index < -0.39 is 32.0 Å². The van der Waals surface area contributed by atoms with Gasteiger partial charge in [-0.1, -0.05) is 0 Å². The zero-order valence-corrected chi connectivity index (χ0v) is 29.2. The second-order valence-electron chi connectivity index (χ2n) is 5.36. The Labute approximate surface area is 254 Å². The average Bonchev–Trinajstić information content (AvgIpc) is 2.58. The molecule has 2 radical (unpaired) electrons. The van der Waals surface area contributed by atoms with Gasteiger partial charge < -0.3 is 0 Å². The maximum Gasteiger partial charge on any atom is 3.00 e. The summed E-state index contributed by atoms with van der Waals surface area (Å²) >= 11 is -0.776. The monoisotopic (exact) mass is 807 g/mol. The smallest absolute Gasteiger partial charge is 1.00 e. The molecule has 10 nitrogen and oxygen atoms in total. The predicted octanol–water partition coefficient (Wildman–Crippen LogP) is -8.17. The fourth-order valence-electron chi connectivity index (χ4n) is 1.90. The summed E-state index contributed by atoms with van der Waals surface area (Å²) in [6, 6.07) is 9.31. The molecule has 0 atom stereocenters. The zero-order chi connectivity index (χ0) is 20.9. The molecule has 0 aliphatic heterocycles. The molecule has 0 saturated carbocycles. The molecule has 31 heavy (non-hydrogen) atoms. The number of phenolic OH excluding ortho intramolecular Hbond substituents is 2. The van der Waals surface area contributed by atoms with Crippen molar-refractivity contribution in [3.63, 3.8) is 0 Å². The van der Waals surface area contributed by atoms with E-state index in [1.165, 1.54) is 12.1 Å². The Morgan fingerprint density at radius 1 is 0.742 bits per heavy atom. The Morgan fingerprint density at radius 2 is 1.06 bits per heavy atom. The van der Waals surface area contributed by atoms with Crippen LogP contribution in [0.2, 0.25) is 0 Å². The molecule has 0 spiro atoms. The molecule has 0 heterocycles. The van der Waals surface area contributed by atoms with Crippen LogP contribution < -0.4 is 78.5 Å². The molecule has 0 aliphatic carbocycles. The number of hydrogen-bond donors (Lipinski definition) is 4. The number of nitrogens with one attached hydrogen (secondary N) is 2. The van der Waals surface area contributed by atoms with Gasteiger partial charge in [-0.15, -0.1) is 0 Å². The molecule has 0 bridgehead atoms. The topological polar surface area (TPSA) is 179 Å². The Balaban J connectivity index is 0. The van der Waals surface area contributed by atoms with Crippen LogP contribution in [0.3, 0.4) is 0 Å². The summed E-state index contributed by atoms with van der Waals surface area (Å²) in [5.74, 6) is -2.05. The van der Waals surface area contributed by atoms with Crippen molar-refractivity contribution in [2.75, 3.05) is 22.4 Å². The first-order valence-electron chi connectivity index (χ1n) is 7.35. The van der Waals surface area contributed by atoms with Crippen LogP contribution in [-0.2, 0) is 20.2 Å². The molecule has 154 valence electrons. The van der Waals surface area contributed by atoms with Crippen LogP contribution in [0.25, 0.3) is 0 Å². The van der Waals surface area contributed by atoms with Crippen molar-refractivity contribution in [1.29, 1.82) is 0 Å². The molecule has 0 amide bonds. The summed E-state index contributed by atoms with van der Waals surface area (Å²) in [4.78, 5) is 0. The van der Waals surface area contributed by atoms with E-state index in [9.17, 15) is 36.2 Å². The van der Waals surface area contributed by atoms with Gasteiger partial charge in [0.2, 0.25) is 0 Å². The molecule has 0 unspecified atom stereocenters. The minimum Gasteiger partial charge on any atom is 1.00 e. The quantitative estimate of drug-likeness (QED) is 0.114.